The topological polar surface area (TPSA) is 46.5 Å². The van der Waals surface area contributed by atoms with E-state index in [4.69, 9.17) is 9.84 Å². The number of fused-ring (bicyclic) bond motifs is 1. The van der Waals surface area contributed by atoms with E-state index in [1.807, 2.05) is 13.0 Å². The number of carboxylic acids is 1. The zero-order valence-electron chi connectivity index (χ0n) is 8.00. The molecule has 1 aromatic rings. The Kier molecular flexibility index (Phi) is 1.81. The first kappa shape index (κ1) is 8.81. The van der Waals surface area contributed by atoms with Crippen molar-refractivity contribution in [2.75, 3.05) is 7.11 Å². The van der Waals surface area contributed by atoms with Gasteiger partial charge in [-0.1, -0.05) is 0 Å². The Hall–Kier alpha value is -1.77. The van der Waals surface area contributed by atoms with Crippen LogP contribution in [-0.2, 0) is 4.79 Å². The average molecular weight is 190 g/mol. The first-order chi connectivity index (χ1) is 6.63. The lowest BCUT2D eigenvalue weighted by molar-refractivity contribution is -0.130. The molecule has 1 aromatic carbocycles. The summed E-state index contributed by atoms with van der Waals surface area (Å²) in [4.78, 5) is 10.7. The molecule has 0 bridgehead atoms. The van der Waals surface area contributed by atoms with Crippen LogP contribution in [0, 0.1) is 6.92 Å². The molecule has 0 fully saturated rings. The van der Waals surface area contributed by atoms with Gasteiger partial charge in [0.15, 0.2) is 0 Å². The number of aryl methyl sites for hydroxylation is 1. The maximum absolute atomic E-state index is 10.7. The van der Waals surface area contributed by atoms with Crippen LogP contribution in [0.25, 0.3) is 11.6 Å². The molecule has 0 spiro atoms. The molecule has 14 heavy (non-hydrogen) atoms. The molecule has 1 N–H and O–H groups in total. The molecule has 0 amide bonds. The fraction of sp³-hybridized carbons (Fsp3) is 0.182. The maximum Gasteiger partial charge on any atom is 0.336 e. The monoisotopic (exact) mass is 190 g/mol. The molecule has 0 saturated carbocycles. The summed E-state index contributed by atoms with van der Waals surface area (Å²) in [5, 5.41) is 8.83. The second-order valence-corrected chi connectivity index (χ2v) is 3.27. The van der Waals surface area contributed by atoms with E-state index in [1.54, 1.807) is 19.3 Å². The zero-order valence-corrected chi connectivity index (χ0v) is 8.00. The van der Waals surface area contributed by atoms with Crippen LogP contribution >= 0.6 is 0 Å². The third-order valence-corrected chi connectivity index (χ3v) is 2.41. The molecule has 0 aromatic heterocycles. The fourth-order valence-corrected chi connectivity index (χ4v) is 1.62. The van der Waals surface area contributed by atoms with E-state index >= 15 is 0 Å². The van der Waals surface area contributed by atoms with E-state index in [-0.39, 0.29) is 0 Å². The zero-order chi connectivity index (χ0) is 10.3. The van der Waals surface area contributed by atoms with Crippen LogP contribution < -0.4 is 4.74 Å². The SMILES string of the molecule is COc1cc(C)c2c(c1)C(C(=O)O)=C2. The fourth-order valence-electron chi connectivity index (χ4n) is 1.62. The predicted molar refractivity (Wildman–Crippen MR) is 53.2 cm³/mol. The minimum Gasteiger partial charge on any atom is -0.497 e. The van der Waals surface area contributed by atoms with Gasteiger partial charge in [0, 0.05) is 5.56 Å². The van der Waals surface area contributed by atoms with Crippen molar-refractivity contribution in [3.63, 3.8) is 0 Å². The summed E-state index contributed by atoms with van der Waals surface area (Å²) in [7, 11) is 1.57. The summed E-state index contributed by atoms with van der Waals surface area (Å²) in [5.74, 6) is -0.182. The summed E-state index contributed by atoms with van der Waals surface area (Å²) in [5.41, 5.74) is 3.18. The van der Waals surface area contributed by atoms with E-state index in [0.29, 0.717) is 11.3 Å². The largest absolute Gasteiger partial charge is 0.497 e. The number of hydrogen-bond donors (Lipinski definition) is 1. The molecule has 2 rings (SSSR count). The van der Waals surface area contributed by atoms with Crippen LogP contribution in [-0.4, -0.2) is 18.2 Å². The van der Waals surface area contributed by atoms with E-state index in [1.165, 1.54) is 0 Å². The van der Waals surface area contributed by atoms with Gasteiger partial charge in [0.25, 0.3) is 0 Å². The number of benzene rings is 1. The number of ether oxygens (including phenoxy) is 1. The van der Waals surface area contributed by atoms with Crippen molar-refractivity contribution < 1.29 is 14.6 Å². The number of methoxy groups -OCH3 is 1. The highest BCUT2D eigenvalue weighted by molar-refractivity contribution is 6.26. The van der Waals surface area contributed by atoms with E-state index in [2.05, 4.69) is 0 Å². The summed E-state index contributed by atoms with van der Waals surface area (Å²) < 4.78 is 5.07. The van der Waals surface area contributed by atoms with Gasteiger partial charge in [-0.3, -0.25) is 0 Å². The van der Waals surface area contributed by atoms with Gasteiger partial charge in [-0.25, -0.2) is 4.79 Å². The average Bonchev–Trinajstić information content (AvgIpc) is 2.07. The highest BCUT2D eigenvalue weighted by atomic mass is 16.5. The highest BCUT2D eigenvalue weighted by Gasteiger charge is 2.24. The third-order valence-electron chi connectivity index (χ3n) is 2.41. The molecule has 1 aliphatic rings. The first-order valence-corrected chi connectivity index (χ1v) is 4.27. The lowest BCUT2D eigenvalue weighted by Gasteiger charge is -2.20. The van der Waals surface area contributed by atoms with Crippen LogP contribution in [0.1, 0.15) is 16.7 Å². The number of carboxylic acid groups (broad SMARTS) is 1. The summed E-state index contributed by atoms with van der Waals surface area (Å²) in [6.45, 7) is 1.94. The van der Waals surface area contributed by atoms with E-state index < -0.39 is 5.97 Å². The predicted octanol–water partition coefficient (Wildman–Crippen LogP) is 1.94. The molecule has 3 heteroatoms. The minimum atomic E-state index is -0.884. The van der Waals surface area contributed by atoms with Crippen LogP contribution in [0.3, 0.4) is 0 Å². The molecular weight excluding hydrogens is 180 g/mol. The Morgan fingerprint density at radius 2 is 2.14 bits per heavy atom. The number of rotatable bonds is 2. The van der Waals surface area contributed by atoms with Crippen molar-refractivity contribution in [1.82, 2.24) is 0 Å². The summed E-state index contributed by atoms with van der Waals surface area (Å²) in [6.07, 6.45) is 1.69. The number of carbonyl (C=O) groups is 1. The Balaban J connectivity index is 2.50. The molecule has 72 valence electrons. The van der Waals surface area contributed by atoms with E-state index in [0.717, 1.165) is 16.7 Å². The Bertz CT molecular complexity index is 444. The number of hydrogen-bond acceptors (Lipinski definition) is 2. The molecular formula is C11H10O3. The lowest BCUT2D eigenvalue weighted by Crippen LogP contribution is -2.10. The van der Waals surface area contributed by atoms with Crippen LogP contribution in [0.4, 0.5) is 0 Å². The van der Waals surface area contributed by atoms with Gasteiger partial charge >= 0.3 is 5.97 Å². The minimum absolute atomic E-state index is 0.363. The standard InChI is InChI=1S/C11H10O3/c1-6-3-7(14-2)4-9-8(6)5-10(9)11(12)13/h3-5H,1-2H3,(H,12,13). The molecule has 0 unspecified atom stereocenters. The summed E-state index contributed by atoms with van der Waals surface area (Å²) >= 11 is 0. The van der Waals surface area contributed by atoms with Crippen molar-refractivity contribution in [3.05, 3.63) is 28.8 Å². The molecule has 1 aliphatic carbocycles. The molecule has 0 atom stereocenters. The molecule has 0 radical (unpaired) electrons. The van der Waals surface area contributed by atoms with Crippen molar-refractivity contribution in [2.45, 2.75) is 6.92 Å². The second kappa shape index (κ2) is 2.87. The number of aliphatic carboxylic acids is 1. The van der Waals surface area contributed by atoms with Crippen molar-refractivity contribution >= 4 is 17.6 Å². The normalized spacial score (nSPS) is 12.6. The van der Waals surface area contributed by atoms with Crippen LogP contribution in [0.2, 0.25) is 0 Å². The van der Waals surface area contributed by atoms with Gasteiger partial charge in [0.2, 0.25) is 0 Å². The first-order valence-electron chi connectivity index (χ1n) is 4.27. The lowest BCUT2D eigenvalue weighted by atomic mass is 9.85. The second-order valence-electron chi connectivity index (χ2n) is 3.27. The Labute approximate surface area is 81.6 Å². The smallest absolute Gasteiger partial charge is 0.336 e. The van der Waals surface area contributed by atoms with Crippen molar-refractivity contribution in [1.29, 1.82) is 0 Å². The molecule has 0 heterocycles. The quantitative estimate of drug-likeness (QED) is 0.775. The summed E-state index contributed by atoms with van der Waals surface area (Å²) in [6, 6.07) is 3.65. The Morgan fingerprint density at radius 3 is 2.71 bits per heavy atom. The van der Waals surface area contributed by atoms with Gasteiger partial charge in [-0.15, -0.1) is 0 Å². The van der Waals surface area contributed by atoms with Crippen molar-refractivity contribution in [3.8, 4) is 5.75 Å². The molecule has 3 nitrogen and oxygen atoms in total. The van der Waals surface area contributed by atoms with Gasteiger partial charge < -0.3 is 9.84 Å². The van der Waals surface area contributed by atoms with Gasteiger partial charge in [-0.2, -0.15) is 0 Å². The van der Waals surface area contributed by atoms with Gasteiger partial charge in [-0.05, 0) is 36.3 Å². The highest BCUT2D eigenvalue weighted by Crippen LogP contribution is 2.37. The van der Waals surface area contributed by atoms with Gasteiger partial charge in [0.1, 0.15) is 5.75 Å². The maximum atomic E-state index is 10.7. The third kappa shape index (κ3) is 1.09. The molecule has 0 aliphatic heterocycles. The van der Waals surface area contributed by atoms with E-state index in [9.17, 15) is 4.79 Å². The van der Waals surface area contributed by atoms with Crippen molar-refractivity contribution in [2.24, 2.45) is 0 Å². The van der Waals surface area contributed by atoms with Crippen LogP contribution in [0.5, 0.6) is 5.75 Å². The Morgan fingerprint density at radius 1 is 1.43 bits per heavy atom. The van der Waals surface area contributed by atoms with Gasteiger partial charge in [0.05, 0.1) is 12.7 Å². The molecule has 0 saturated heterocycles. The van der Waals surface area contributed by atoms with Crippen LogP contribution in [0.15, 0.2) is 12.1 Å².